The second kappa shape index (κ2) is 14.4. The van der Waals surface area contributed by atoms with E-state index in [-0.39, 0.29) is 11.1 Å². The van der Waals surface area contributed by atoms with Crippen LogP contribution in [0.15, 0.2) is 167 Å². The second-order valence-electron chi connectivity index (χ2n) is 17.1. The Bertz CT molecular complexity index is 2750. The average molecular weight is 781 g/mol. The largest absolute Gasteiger partial charge is 0.462 e. The molecule has 0 radical (unpaired) electrons. The van der Waals surface area contributed by atoms with Crippen LogP contribution in [-0.2, 0) is 0 Å². The summed E-state index contributed by atoms with van der Waals surface area (Å²) in [5.74, 6) is 3.79. The molecule has 2 atom stereocenters. The Balaban J connectivity index is 1.12. The maximum atomic E-state index is 6.55. The molecule has 2 aliphatic carbocycles. The van der Waals surface area contributed by atoms with Crippen LogP contribution in [0.2, 0.25) is 13.1 Å². The first kappa shape index (κ1) is 36.9. The maximum Gasteiger partial charge on any atom is 0.130 e. The van der Waals surface area contributed by atoms with Gasteiger partial charge in [0.2, 0.25) is 0 Å². The number of rotatable bonds is 8. The summed E-state index contributed by atoms with van der Waals surface area (Å²) in [5.41, 5.74) is 20.8. The van der Waals surface area contributed by atoms with Crippen molar-refractivity contribution < 1.29 is 8.83 Å². The predicted octanol–water partition coefficient (Wildman–Crippen LogP) is 15.5. The summed E-state index contributed by atoms with van der Waals surface area (Å²) in [4.78, 5) is 0. The van der Waals surface area contributed by atoms with Gasteiger partial charge in [-0.05, 0) is 142 Å². The fourth-order valence-electron chi connectivity index (χ4n) is 10.2. The number of aryl methyl sites for hydroxylation is 4. The van der Waals surface area contributed by atoms with Crippen LogP contribution in [-0.4, -0.2) is 8.07 Å². The van der Waals surface area contributed by atoms with Gasteiger partial charge in [-0.25, -0.2) is 0 Å². The molecule has 0 bridgehead atoms. The summed E-state index contributed by atoms with van der Waals surface area (Å²) in [7, 11) is -2.45. The summed E-state index contributed by atoms with van der Waals surface area (Å²) in [5, 5.41) is 0. The van der Waals surface area contributed by atoms with Crippen molar-refractivity contribution in [3.63, 3.8) is 0 Å². The molecule has 59 heavy (non-hydrogen) atoms. The zero-order valence-corrected chi connectivity index (χ0v) is 35.6. The van der Waals surface area contributed by atoms with E-state index in [9.17, 15) is 0 Å². The molecule has 2 nitrogen and oxygen atoms in total. The fourth-order valence-corrected chi connectivity index (χ4v) is 14.7. The first-order valence-corrected chi connectivity index (χ1v) is 24.0. The summed E-state index contributed by atoms with van der Waals surface area (Å²) in [6, 6.07) is 57.8. The molecule has 288 valence electrons. The van der Waals surface area contributed by atoms with Gasteiger partial charge in [0.05, 0.1) is 8.07 Å². The first-order chi connectivity index (χ1) is 28.7. The SMILES string of the molecule is Cc1ccc(C2=Cc3c(-c4ccc(-c5ccccc5)c(C)c4)cccc3C2[Si](C)(C)C2C(c3ccc(C)o3)=Cc3c(-c4ccc(-c5ccccc5)c(C)c4)cccc32)o1. The van der Waals surface area contributed by atoms with Crippen molar-refractivity contribution >= 4 is 31.4 Å². The van der Waals surface area contributed by atoms with Gasteiger partial charge in [-0.2, -0.15) is 0 Å². The van der Waals surface area contributed by atoms with E-state index < -0.39 is 8.07 Å². The number of hydrogen-bond acceptors (Lipinski definition) is 2. The lowest BCUT2D eigenvalue weighted by atomic mass is 9.92. The molecule has 2 aliphatic rings. The van der Waals surface area contributed by atoms with Crippen molar-refractivity contribution in [1.82, 2.24) is 0 Å². The van der Waals surface area contributed by atoms with Gasteiger partial charge < -0.3 is 8.83 Å². The highest BCUT2D eigenvalue weighted by Crippen LogP contribution is 2.58. The van der Waals surface area contributed by atoms with E-state index in [4.69, 9.17) is 8.83 Å². The molecular weight excluding hydrogens is 733 g/mol. The lowest BCUT2D eigenvalue weighted by Gasteiger charge is -2.39. The van der Waals surface area contributed by atoms with Gasteiger partial charge in [0.1, 0.15) is 23.0 Å². The van der Waals surface area contributed by atoms with Gasteiger partial charge in [-0.15, -0.1) is 0 Å². The van der Waals surface area contributed by atoms with Crippen molar-refractivity contribution in [1.29, 1.82) is 0 Å². The quantitative estimate of drug-likeness (QED) is 0.144. The zero-order valence-electron chi connectivity index (χ0n) is 34.6. The number of benzene rings is 6. The molecule has 0 saturated heterocycles. The number of furan rings is 2. The van der Waals surface area contributed by atoms with E-state index in [0.29, 0.717) is 0 Å². The van der Waals surface area contributed by atoms with Crippen LogP contribution in [0.4, 0.5) is 0 Å². The highest BCUT2D eigenvalue weighted by molar-refractivity contribution is 6.84. The molecule has 2 unspecified atom stereocenters. The molecule has 2 aromatic heterocycles. The van der Waals surface area contributed by atoms with Gasteiger partial charge in [-0.1, -0.05) is 147 Å². The monoisotopic (exact) mass is 780 g/mol. The minimum absolute atomic E-state index is 0.166. The average Bonchev–Trinajstić information content (AvgIpc) is 4.06. The molecule has 0 N–H and O–H groups in total. The standard InChI is InChI=1S/C56H48O2Si/c1-35-31-41(25-27-43(35)39-15-9-7-10-16-39)45-19-13-21-47-49(45)33-51(53-29-23-37(3)57-53)55(47)59(5,6)56-48-22-14-20-46(50(48)34-52(56)54-30-24-38(4)58-54)42-26-28-44(36(2)32-42)40-17-11-8-12-18-40/h7-34,55-56H,1-6H3. The molecule has 0 fully saturated rings. The molecule has 0 amide bonds. The molecule has 8 aromatic rings. The number of allylic oxidation sites excluding steroid dienone is 2. The van der Waals surface area contributed by atoms with Crippen molar-refractivity contribution in [2.45, 2.75) is 51.9 Å². The number of hydrogen-bond donors (Lipinski definition) is 0. The van der Waals surface area contributed by atoms with E-state index in [2.05, 4.69) is 211 Å². The molecule has 2 heterocycles. The van der Waals surface area contributed by atoms with Crippen LogP contribution >= 0.6 is 0 Å². The molecule has 3 heteroatoms. The van der Waals surface area contributed by atoms with E-state index in [0.717, 1.165) is 23.0 Å². The Labute approximate surface area is 349 Å². The minimum atomic E-state index is -2.45. The predicted molar refractivity (Wildman–Crippen MR) is 250 cm³/mol. The lowest BCUT2D eigenvalue weighted by molar-refractivity contribution is 0.519. The third-order valence-electron chi connectivity index (χ3n) is 12.9. The van der Waals surface area contributed by atoms with Gasteiger partial charge in [-0.3, -0.25) is 0 Å². The molecule has 6 aromatic carbocycles. The van der Waals surface area contributed by atoms with Crippen molar-refractivity contribution in [3.05, 3.63) is 214 Å². The van der Waals surface area contributed by atoms with Crippen LogP contribution in [0.3, 0.4) is 0 Å². The fraction of sp³-hybridized carbons (Fsp3) is 0.143. The van der Waals surface area contributed by atoms with Gasteiger partial charge in [0, 0.05) is 22.2 Å². The maximum absolute atomic E-state index is 6.55. The smallest absolute Gasteiger partial charge is 0.130 e. The summed E-state index contributed by atoms with van der Waals surface area (Å²) in [6.45, 7) is 13.8. The van der Waals surface area contributed by atoms with E-state index >= 15 is 0 Å². The third kappa shape index (κ3) is 6.32. The summed E-state index contributed by atoms with van der Waals surface area (Å²) >= 11 is 0. The Morgan fingerprint density at radius 1 is 0.390 bits per heavy atom. The zero-order chi connectivity index (χ0) is 40.4. The van der Waals surface area contributed by atoms with Crippen molar-refractivity contribution in [3.8, 4) is 44.5 Å². The Morgan fingerprint density at radius 2 is 0.814 bits per heavy atom. The highest BCUT2D eigenvalue weighted by Gasteiger charge is 2.50. The Morgan fingerprint density at radius 3 is 1.19 bits per heavy atom. The molecular formula is C56H48O2Si. The van der Waals surface area contributed by atoms with Crippen LogP contribution in [0.5, 0.6) is 0 Å². The van der Waals surface area contributed by atoms with Crippen molar-refractivity contribution in [2.24, 2.45) is 0 Å². The Kier molecular flexibility index (Phi) is 9.03. The summed E-state index contributed by atoms with van der Waals surface area (Å²) in [6.07, 6.45) is 4.90. The third-order valence-corrected chi connectivity index (χ3v) is 17.1. The van der Waals surface area contributed by atoms with Gasteiger partial charge >= 0.3 is 0 Å². The van der Waals surface area contributed by atoms with E-state index in [1.807, 2.05) is 0 Å². The first-order valence-electron chi connectivity index (χ1n) is 20.8. The Hall–Kier alpha value is -6.42. The normalized spacial score (nSPS) is 15.8. The summed E-state index contributed by atoms with van der Waals surface area (Å²) < 4.78 is 13.1. The minimum Gasteiger partial charge on any atom is -0.462 e. The van der Waals surface area contributed by atoms with Crippen LogP contribution in [0.25, 0.3) is 67.8 Å². The van der Waals surface area contributed by atoms with E-state index in [1.165, 1.54) is 89.0 Å². The molecule has 0 aliphatic heterocycles. The highest BCUT2D eigenvalue weighted by atomic mass is 28.3. The lowest BCUT2D eigenvalue weighted by Crippen LogP contribution is -2.42. The van der Waals surface area contributed by atoms with Crippen molar-refractivity contribution in [2.75, 3.05) is 0 Å². The topological polar surface area (TPSA) is 26.3 Å². The van der Waals surface area contributed by atoms with Gasteiger partial charge in [0.15, 0.2) is 0 Å². The molecule has 0 spiro atoms. The van der Waals surface area contributed by atoms with E-state index in [1.54, 1.807) is 0 Å². The van der Waals surface area contributed by atoms with Gasteiger partial charge in [0.25, 0.3) is 0 Å². The molecule has 0 saturated carbocycles. The van der Waals surface area contributed by atoms with Crippen LogP contribution < -0.4 is 0 Å². The second-order valence-corrected chi connectivity index (χ2v) is 21.9. The molecule has 10 rings (SSSR count). The number of fused-ring (bicyclic) bond motifs is 2. The van der Waals surface area contributed by atoms with Crippen LogP contribution in [0.1, 0.15) is 67.5 Å². The van der Waals surface area contributed by atoms with Crippen LogP contribution in [0, 0.1) is 27.7 Å².